The Morgan fingerprint density at radius 2 is 1.79 bits per heavy atom. The minimum atomic E-state index is -0.126. The fourth-order valence-corrected chi connectivity index (χ4v) is 3.64. The summed E-state index contributed by atoms with van der Waals surface area (Å²) < 4.78 is 3.19. The average Bonchev–Trinajstić information content (AvgIpc) is 3.11. The number of thiazole rings is 1. The van der Waals surface area contributed by atoms with Gasteiger partial charge in [0.05, 0.1) is 4.53 Å². The molecule has 0 aliphatic carbocycles. The van der Waals surface area contributed by atoms with Gasteiger partial charge >= 0.3 is 0 Å². The summed E-state index contributed by atoms with van der Waals surface area (Å²) in [6.45, 7) is 2.03. The van der Waals surface area contributed by atoms with Gasteiger partial charge in [-0.2, -0.15) is 9.50 Å². The van der Waals surface area contributed by atoms with Gasteiger partial charge in [-0.25, -0.2) is 0 Å². The standard InChI is InChI=1S/C18H12IN3OS/c1-11-2-6-13(7-3-11)16-20-18-22(21-16)17(23)15(24-18)10-12-4-8-14(19)9-5-12/h2-10H,1H3/b15-10-. The Morgan fingerprint density at radius 3 is 2.46 bits per heavy atom. The summed E-state index contributed by atoms with van der Waals surface area (Å²) >= 11 is 3.62. The Balaban J connectivity index is 1.79. The lowest BCUT2D eigenvalue weighted by molar-refractivity contribution is 0.937. The van der Waals surface area contributed by atoms with E-state index in [1.165, 1.54) is 21.4 Å². The van der Waals surface area contributed by atoms with Crippen LogP contribution in [0.4, 0.5) is 0 Å². The molecule has 6 heteroatoms. The third-order valence-electron chi connectivity index (χ3n) is 3.66. The molecule has 4 aromatic rings. The van der Waals surface area contributed by atoms with E-state index in [1.54, 1.807) is 0 Å². The van der Waals surface area contributed by atoms with Crippen molar-refractivity contribution in [2.75, 3.05) is 0 Å². The van der Waals surface area contributed by atoms with E-state index in [1.807, 2.05) is 61.5 Å². The average molecular weight is 445 g/mol. The predicted molar refractivity (Wildman–Crippen MR) is 105 cm³/mol. The fraction of sp³-hybridized carbons (Fsp3) is 0.0556. The summed E-state index contributed by atoms with van der Waals surface area (Å²) in [5.74, 6) is 0.583. The van der Waals surface area contributed by atoms with Gasteiger partial charge in [0.15, 0.2) is 5.82 Å². The van der Waals surface area contributed by atoms with Crippen LogP contribution < -0.4 is 10.1 Å². The van der Waals surface area contributed by atoms with E-state index in [-0.39, 0.29) is 5.56 Å². The second-order valence-corrected chi connectivity index (χ2v) is 7.72. The van der Waals surface area contributed by atoms with Crippen LogP contribution in [-0.2, 0) is 0 Å². The van der Waals surface area contributed by atoms with E-state index in [0.29, 0.717) is 15.3 Å². The highest BCUT2D eigenvalue weighted by Gasteiger charge is 2.11. The summed E-state index contributed by atoms with van der Waals surface area (Å²) in [7, 11) is 0. The molecule has 0 atom stereocenters. The molecule has 0 N–H and O–H groups in total. The molecule has 2 aromatic heterocycles. The molecule has 118 valence electrons. The lowest BCUT2D eigenvalue weighted by atomic mass is 10.1. The molecule has 24 heavy (non-hydrogen) atoms. The van der Waals surface area contributed by atoms with Gasteiger partial charge in [-0.3, -0.25) is 4.79 Å². The Hall–Kier alpha value is -2.06. The highest BCUT2D eigenvalue weighted by molar-refractivity contribution is 14.1. The maximum Gasteiger partial charge on any atom is 0.291 e. The van der Waals surface area contributed by atoms with E-state index >= 15 is 0 Å². The monoisotopic (exact) mass is 445 g/mol. The number of fused-ring (bicyclic) bond motifs is 1. The molecule has 4 nitrogen and oxygen atoms in total. The quantitative estimate of drug-likeness (QED) is 0.445. The van der Waals surface area contributed by atoms with E-state index in [2.05, 4.69) is 32.7 Å². The molecule has 0 aliphatic rings. The summed E-state index contributed by atoms with van der Waals surface area (Å²) in [4.78, 5) is 17.7. The lowest BCUT2D eigenvalue weighted by Crippen LogP contribution is -2.23. The lowest BCUT2D eigenvalue weighted by Gasteiger charge is -1.95. The number of aryl methyl sites for hydroxylation is 1. The van der Waals surface area contributed by atoms with Gasteiger partial charge < -0.3 is 0 Å². The maximum absolute atomic E-state index is 12.5. The summed E-state index contributed by atoms with van der Waals surface area (Å²) in [6.07, 6.45) is 1.88. The molecule has 4 rings (SSSR count). The van der Waals surface area contributed by atoms with Crippen LogP contribution in [0.25, 0.3) is 22.4 Å². The van der Waals surface area contributed by atoms with Crippen molar-refractivity contribution in [3.63, 3.8) is 0 Å². The third-order valence-corrected chi connectivity index (χ3v) is 5.34. The van der Waals surface area contributed by atoms with E-state index in [9.17, 15) is 4.79 Å². The fourth-order valence-electron chi connectivity index (χ4n) is 2.37. The molecule has 0 saturated heterocycles. The van der Waals surface area contributed by atoms with Crippen LogP contribution in [0.2, 0.25) is 0 Å². The minimum Gasteiger partial charge on any atom is -0.266 e. The summed E-state index contributed by atoms with van der Waals surface area (Å²) in [6, 6.07) is 16.0. The molecule has 0 spiro atoms. The Bertz CT molecular complexity index is 1130. The second kappa shape index (κ2) is 6.10. The van der Waals surface area contributed by atoms with Gasteiger partial charge in [0, 0.05) is 9.13 Å². The van der Waals surface area contributed by atoms with Crippen molar-refractivity contribution in [3.05, 3.63) is 78.1 Å². The zero-order valence-electron chi connectivity index (χ0n) is 12.7. The van der Waals surface area contributed by atoms with Crippen molar-refractivity contribution in [1.29, 1.82) is 0 Å². The number of benzene rings is 2. The van der Waals surface area contributed by atoms with E-state index < -0.39 is 0 Å². The van der Waals surface area contributed by atoms with Crippen LogP contribution in [0.3, 0.4) is 0 Å². The van der Waals surface area contributed by atoms with Gasteiger partial charge in [-0.05, 0) is 53.3 Å². The number of aromatic nitrogens is 3. The normalized spacial score (nSPS) is 12.2. The first-order chi connectivity index (χ1) is 11.6. The first kappa shape index (κ1) is 15.5. The summed E-state index contributed by atoms with van der Waals surface area (Å²) in [5, 5.41) is 4.37. The van der Waals surface area contributed by atoms with Crippen molar-refractivity contribution in [1.82, 2.24) is 14.6 Å². The smallest absolute Gasteiger partial charge is 0.266 e. The van der Waals surface area contributed by atoms with Crippen LogP contribution in [-0.4, -0.2) is 14.6 Å². The maximum atomic E-state index is 12.5. The molecule has 0 saturated carbocycles. The number of nitrogens with zero attached hydrogens (tertiary/aromatic N) is 3. The Morgan fingerprint density at radius 1 is 1.08 bits per heavy atom. The topological polar surface area (TPSA) is 47.3 Å². The Labute approximate surface area is 155 Å². The first-order valence-corrected chi connectivity index (χ1v) is 9.23. The van der Waals surface area contributed by atoms with Gasteiger partial charge in [0.25, 0.3) is 5.56 Å². The number of hydrogen-bond donors (Lipinski definition) is 0. The molecule has 0 fully saturated rings. The van der Waals surface area contributed by atoms with E-state index in [4.69, 9.17) is 0 Å². The molecule has 0 radical (unpaired) electrons. The van der Waals surface area contributed by atoms with Gasteiger partial charge in [-0.15, -0.1) is 5.10 Å². The largest absolute Gasteiger partial charge is 0.291 e. The highest BCUT2D eigenvalue weighted by Crippen LogP contribution is 2.17. The zero-order valence-corrected chi connectivity index (χ0v) is 15.7. The van der Waals surface area contributed by atoms with Crippen molar-refractivity contribution < 1.29 is 0 Å². The van der Waals surface area contributed by atoms with Crippen molar-refractivity contribution in [3.8, 4) is 11.4 Å². The van der Waals surface area contributed by atoms with E-state index in [0.717, 1.165) is 14.7 Å². The van der Waals surface area contributed by atoms with Crippen LogP contribution in [0, 0.1) is 10.5 Å². The van der Waals surface area contributed by atoms with Gasteiger partial charge in [0.1, 0.15) is 0 Å². The van der Waals surface area contributed by atoms with Crippen molar-refractivity contribution in [2.24, 2.45) is 0 Å². The van der Waals surface area contributed by atoms with Gasteiger partial charge in [-0.1, -0.05) is 53.3 Å². The SMILES string of the molecule is Cc1ccc(-c2nc3s/c(=C\c4ccc(I)cc4)c(=O)n3n2)cc1. The minimum absolute atomic E-state index is 0.126. The predicted octanol–water partition coefficient (Wildman–Crippen LogP) is 3.28. The van der Waals surface area contributed by atoms with Gasteiger partial charge in [0.2, 0.25) is 4.96 Å². The second-order valence-electron chi connectivity index (χ2n) is 5.46. The molecule has 0 unspecified atom stereocenters. The molecular formula is C18H12IN3OS. The van der Waals surface area contributed by atoms with Crippen LogP contribution in [0.15, 0.2) is 53.3 Å². The zero-order chi connectivity index (χ0) is 16.7. The Kier molecular flexibility index (Phi) is 3.93. The van der Waals surface area contributed by atoms with Crippen LogP contribution >= 0.6 is 33.9 Å². The molecule has 0 bridgehead atoms. The molecule has 0 aliphatic heterocycles. The molecule has 2 heterocycles. The molecular weight excluding hydrogens is 433 g/mol. The number of rotatable bonds is 2. The first-order valence-electron chi connectivity index (χ1n) is 7.34. The number of halogens is 1. The molecule has 0 amide bonds. The van der Waals surface area contributed by atoms with Crippen molar-refractivity contribution >= 4 is 45.0 Å². The van der Waals surface area contributed by atoms with Crippen LogP contribution in [0.5, 0.6) is 0 Å². The highest BCUT2D eigenvalue weighted by atomic mass is 127. The summed E-state index contributed by atoms with van der Waals surface area (Å²) in [5.41, 5.74) is 2.97. The van der Waals surface area contributed by atoms with Crippen molar-refractivity contribution in [2.45, 2.75) is 6.92 Å². The van der Waals surface area contributed by atoms with Crippen LogP contribution in [0.1, 0.15) is 11.1 Å². The molecule has 2 aromatic carbocycles. The third kappa shape index (κ3) is 2.87. The number of hydrogen-bond acceptors (Lipinski definition) is 4.